The number of carbonyl (C=O) groups is 1. The van der Waals surface area contributed by atoms with Crippen molar-refractivity contribution in [3.05, 3.63) is 70.9 Å². The molecule has 1 saturated heterocycles. The second kappa shape index (κ2) is 8.29. The summed E-state index contributed by atoms with van der Waals surface area (Å²) in [5, 5.41) is 4.52. The first-order valence-electron chi connectivity index (χ1n) is 10.8. The van der Waals surface area contributed by atoms with Crippen molar-refractivity contribution in [1.29, 1.82) is 0 Å². The van der Waals surface area contributed by atoms with Crippen LogP contribution >= 0.6 is 0 Å². The molecular weight excluding hydrogens is 395 g/mol. The molecule has 3 heterocycles. The van der Waals surface area contributed by atoms with Gasteiger partial charge in [0.25, 0.3) is 5.91 Å². The molecule has 0 aliphatic carbocycles. The Balaban J connectivity index is 1.56. The van der Waals surface area contributed by atoms with Gasteiger partial charge in [-0.15, -0.1) is 0 Å². The van der Waals surface area contributed by atoms with E-state index in [9.17, 15) is 9.18 Å². The standard InChI is InChI=1S/C24H29FN4O2/c1-16(2)11-19-14-21(28(4)27-19)22(30)29-10-6-9-24(29,3)23-26-15-20(31-23)13-17-7-5-8-18(25)12-17/h5,7-8,12,14-16H,6,9-11,13H2,1-4H3. The summed E-state index contributed by atoms with van der Waals surface area (Å²) in [5.74, 6) is 1.31. The minimum Gasteiger partial charge on any atom is -0.443 e. The molecule has 1 unspecified atom stereocenters. The van der Waals surface area contributed by atoms with Gasteiger partial charge in [-0.2, -0.15) is 5.10 Å². The zero-order valence-electron chi connectivity index (χ0n) is 18.6. The summed E-state index contributed by atoms with van der Waals surface area (Å²) in [6, 6.07) is 8.35. The molecule has 0 radical (unpaired) electrons. The Morgan fingerprint density at radius 3 is 2.87 bits per heavy atom. The van der Waals surface area contributed by atoms with E-state index in [4.69, 9.17) is 4.42 Å². The molecule has 1 aliphatic rings. The highest BCUT2D eigenvalue weighted by Gasteiger charge is 2.45. The lowest BCUT2D eigenvalue weighted by molar-refractivity contribution is 0.0552. The van der Waals surface area contributed by atoms with E-state index < -0.39 is 5.54 Å². The molecule has 0 saturated carbocycles. The molecule has 0 spiro atoms. The van der Waals surface area contributed by atoms with Crippen molar-refractivity contribution in [2.75, 3.05) is 6.54 Å². The molecule has 1 fully saturated rings. The Morgan fingerprint density at radius 2 is 2.13 bits per heavy atom. The van der Waals surface area contributed by atoms with Gasteiger partial charge in [0, 0.05) is 20.0 Å². The summed E-state index contributed by atoms with van der Waals surface area (Å²) in [6.07, 6.45) is 4.61. The quantitative estimate of drug-likeness (QED) is 0.585. The van der Waals surface area contributed by atoms with Crippen LogP contribution in [0.5, 0.6) is 0 Å². The minimum absolute atomic E-state index is 0.0603. The van der Waals surface area contributed by atoms with E-state index in [0.717, 1.165) is 30.5 Å². The number of rotatable bonds is 6. The SMILES string of the molecule is CC(C)Cc1cc(C(=O)N2CCCC2(C)c2ncc(Cc3cccc(F)c3)o2)n(C)n1. The fourth-order valence-electron chi connectivity index (χ4n) is 4.38. The van der Waals surface area contributed by atoms with Gasteiger partial charge in [-0.3, -0.25) is 9.48 Å². The molecule has 1 aromatic carbocycles. The first kappa shape index (κ1) is 21.3. The van der Waals surface area contributed by atoms with Crippen molar-refractivity contribution in [3.8, 4) is 0 Å². The lowest BCUT2D eigenvalue weighted by Crippen LogP contribution is -2.43. The van der Waals surface area contributed by atoms with Gasteiger partial charge in [0.2, 0.25) is 5.89 Å². The molecule has 3 aromatic rings. The first-order valence-corrected chi connectivity index (χ1v) is 10.8. The predicted octanol–water partition coefficient (Wildman–Crippen LogP) is 4.49. The Labute approximate surface area is 182 Å². The smallest absolute Gasteiger partial charge is 0.273 e. The number of aromatic nitrogens is 3. The van der Waals surface area contributed by atoms with Crippen LogP contribution in [0.2, 0.25) is 0 Å². The number of amides is 1. The van der Waals surface area contributed by atoms with Crippen LogP contribution in [0, 0.1) is 11.7 Å². The molecule has 6 nitrogen and oxygen atoms in total. The van der Waals surface area contributed by atoms with Gasteiger partial charge in [0.15, 0.2) is 0 Å². The number of halogens is 1. The van der Waals surface area contributed by atoms with Crippen molar-refractivity contribution in [1.82, 2.24) is 19.7 Å². The van der Waals surface area contributed by atoms with Crippen LogP contribution in [0.15, 0.2) is 40.9 Å². The van der Waals surface area contributed by atoms with Gasteiger partial charge in [0.1, 0.15) is 22.8 Å². The van der Waals surface area contributed by atoms with E-state index in [2.05, 4.69) is 23.9 Å². The number of nitrogens with zero attached hydrogens (tertiary/aromatic N) is 4. The van der Waals surface area contributed by atoms with Crippen LogP contribution in [-0.4, -0.2) is 32.1 Å². The minimum atomic E-state index is -0.625. The monoisotopic (exact) mass is 424 g/mol. The van der Waals surface area contributed by atoms with Crippen molar-refractivity contribution in [2.24, 2.45) is 13.0 Å². The molecule has 2 aromatic heterocycles. The Hall–Kier alpha value is -2.96. The van der Waals surface area contributed by atoms with E-state index in [-0.39, 0.29) is 11.7 Å². The normalized spacial score (nSPS) is 18.8. The maximum atomic E-state index is 13.5. The van der Waals surface area contributed by atoms with Crippen LogP contribution in [0.1, 0.15) is 67.0 Å². The number of hydrogen-bond donors (Lipinski definition) is 0. The molecule has 1 amide bonds. The lowest BCUT2D eigenvalue weighted by Gasteiger charge is -2.32. The van der Waals surface area contributed by atoms with Crippen molar-refractivity contribution >= 4 is 5.91 Å². The van der Waals surface area contributed by atoms with E-state index in [1.54, 1.807) is 16.9 Å². The van der Waals surface area contributed by atoms with Gasteiger partial charge < -0.3 is 9.32 Å². The summed E-state index contributed by atoms with van der Waals surface area (Å²) in [7, 11) is 1.81. The van der Waals surface area contributed by atoms with E-state index in [1.807, 2.05) is 31.0 Å². The molecule has 1 aliphatic heterocycles. The predicted molar refractivity (Wildman–Crippen MR) is 115 cm³/mol. The largest absolute Gasteiger partial charge is 0.443 e. The van der Waals surface area contributed by atoms with Gasteiger partial charge in [-0.1, -0.05) is 26.0 Å². The van der Waals surface area contributed by atoms with Crippen molar-refractivity contribution in [2.45, 2.75) is 52.0 Å². The maximum Gasteiger partial charge on any atom is 0.273 e. The highest BCUT2D eigenvalue weighted by atomic mass is 19.1. The topological polar surface area (TPSA) is 64.2 Å². The Morgan fingerprint density at radius 1 is 1.32 bits per heavy atom. The molecule has 1 atom stereocenters. The third-order valence-electron chi connectivity index (χ3n) is 5.93. The summed E-state index contributed by atoms with van der Waals surface area (Å²) >= 11 is 0. The summed E-state index contributed by atoms with van der Waals surface area (Å²) in [4.78, 5) is 19.8. The third kappa shape index (κ3) is 4.27. The van der Waals surface area contributed by atoms with Gasteiger partial charge in [0.05, 0.1) is 11.9 Å². The van der Waals surface area contributed by atoms with Crippen LogP contribution in [0.3, 0.4) is 0 Å². The highest BCUT2D eigenvalue weighted by molar-refractivity contribution is 5.93. The van der Waals surface area contributed by atoms with Crippen LogP contribution in [0.25, 0.3) is 0 Å². The highest BCUT2D eigenvalue weighted by Crippen LogP contribution is 2.39. The van der Waals surface area contributed by atoms with Crippen LogP contribution in [0.4, 0.5) is 4.39 Å². The van der Waals surface area contributed by atoms with Gasteiger partial charge in [-0.05, 0) is 55.9 Å². The number of oxazole rings is 1. The molecule has 0 N–H and O–H groups in total. The zero-order chi connectivity index (χ0) is 22.2. The summed E-state index contributed by atoms with van der Waals surface area (Å²) in [5.41, 5.74) is 1.70. The van der Waals surface area contributed by atoms with Crippen LogP contribution < -0.4 is 0 Å². The summed E-state index contributed by atoms with van der Waals surface area (Å²) < 4.78 is 21.2. The second-order valence-electron chi connectivity index (χ2n) is 9.02. The molecule has 31 heavy (non-hydrogen) atoms. The van der Waals surface area contributed by atoms with Crippen molar-refractivity contribution < 1.29 is 13.6 Å². The fraction of sp³-hybridized carbons (Fsp3) is 0.458. The fourth-order valence-corrected chi connectivity index (χ4v) is 4.38. The lowest BCUT2D eigenvalue weighted by atomic mass is 9.98. The zero-order valence-corrected chi connectivity index (χ0v) is 18.6. The van der Waals surface area contributed by atoms with Crippen LogP contribution in [-0.2, 0) is 25.4 Å². The summed E-state index contributed by atoms with van der Waals surface area (Å²) in [6.45, 7) is 6.91. The molecule has 0 bridgehead atoms. The number of aryl methyl sites for hydroxylation is 1. The first-order chi connectivity index (χ1) is 14.8. The van der Waals surface area contributed by atoms with E-state index in [1.165, 1.54) is 12.1 Å². The van der Waals surface area contributed by atoms with Gasteiger partial charge in [-0.25, -0.2) is 9.37 Å². The van der Waals surface area contributed by atoms with Crippen molar-refractivity contribution in [3.63, 3.8) is 0 Å². The Bertz CT molecular complexity index is 1090. The second-order valence-corrected chi connectivity index (χ2v) is 9.02. The number of benzene rings is 1. The van der Waals surface area contributed by atoms with Gasteiger partial charge >= 0.3 is 0 Å². The molecule has 164 valence electrons. The number of carbonyl (C=O) groups excluding carboxylic acids is 1. The van der Waals surface area contributed by atoms with E-state index in [0.29, 0.717) is 36.2 Å². The average molecular weight is 425 g/mol. The maximum absolute atomic E-state index is 13.5. The number of likely N-dealkylation sites (tertiary alicyclic amines) is 1. The van der Waals surface area contributed by atoms with E-state index >= 15 is 0 Å². The average Bonchev–Trinajstić information content (AvgIpc) is 3.40. The molecule has 4 rings (SSSR count). The molecule has 7 heteroatoms. The number of hydrogen-bond acceptors (Lipinski definition) is 4. The Kier molecular flexibility index (Phi) is 5.69. The third-order valence-corrected chi connectivity index (χ3v) is 5.93. The molecular formula is C24H29FN4O2.